The van der Waals surface area contributed by atoms with Gasteiger partial charge in [0.2, 0.25) is 11.6 Å². The van der Waals surface area contributed by atoms with Gasteiger partial charge in [-0.25, -0.2) is 26.3 Å². The first-order chi connectivity index (χ1) is 9.77. The third-order valence-electron chi connectivity index (χ3n) is 2.63. The highest BCUT2D eigenvalue weighted by atomic mass is 79.9. The first-order valence-corrected chi connectivity index (χ1v) is 6.06. The second-order valence-corrected chi connectivity index (χ2v) is 4.73. The number of halogens is 7. The van der Waals surface area contributed by atoms with Gasteiger partial charge in [-0.3, -0.25) is 4.79 Å². The molecule has 0 amide bonds. The first kappa shape index (κ1) is 15.6. The Morgan fingerprint density at radius 3 is 1.76 bits per heavy atom. The molecular weight excluding hydrogens is 366 g/mol. The van der Waals surface area contributed by atoms with Crippen molar-refractivity contribution in [1.29, 1.82) is 0 Å². The molecule has 2 aromatic rings. The Bertz CT molecular complexity index is 730. The van der Waals surface area contributed by atoms with Gasteiger partial charge in [0, 0.05) is 0 Å². The van der Waals surface area contributed by atoms with E-state index >= 15 is 0 Å². The van der Waals surface area contributed by atoms with Crippen molar-refractivity contribution in [3.63, 3.8) is 0 Å². The van der Waals surface area contributed by atoms with E-state index in [9.17, 15) is 31.1 Å². The summed E-state index contributed by atoms with van der Waals surface area (Å²) in [5, 5.41) is 0. The molecule has 0 N–H and O–H groups in total. The zero-order chi connectivity index (χ0) is 15.9. The molecule has 21 heavy (non-hydrogen) atoms. The van der Waals surface area contributed by atoms with Crippen LogP contribution in [0.25, 0.3) is 0 Å². The summed E-state index contributed by atoms with van der Waals surface area (Å²) in [7, 11) is 0. The lowest BCUT2D eigenvalue weighted by molar-refractivity contribution is 0.102. The van der Waals surface area contributed by atoms with Crippen molar-refractivity contribution in [3.8, 4) is 0 Å². The summed E-state index contributed by atoms with van der Waals surface area (Å²) in [4.78, 5) is 11.9. The van der Waals surface area contributed by atoms with E-state index in [0.29, 0.717) is 0 Å². The van der Waals surface area contributed by atoms with Gasteiger partial charge in [0.25, 0.3) is 0 Å². The van der Waals surface area contributed by atoms with Crippen molar-refractivity contribution in [2.45, 2.75) is 0 Å². The highest BCUT2D eigenvalue weighted by Crippen LogP contribution is 2.27. The van der Waals surface area contributed by atoms with Gasteiger partial charge < -0.3 is 0 Å². The zero-order valence-corrected chi connectivity index (χ0v) is 11.4. The van der Waals surface area contributed by atoms with Crippen LogP contribution in [0.1, 0.15) is 15.9 Å². The maximum absolute atomic E-state index is 13.7. The molecule has 1 nitrogen and oxygen atoms in total. The third kappa shape index (κ3) is 2.44. The molecule has 0 aliphatic heterocycles. The molecule has 0 aliphatic carbocycles. The Hall–Kier alpha value is -1.83. The molecule has 0 bridgehead atoms. The van der Waals surface area contributed by atoms with Gasteiger partial charge in [-0.05, 0) is 28.1 Å². The normalized spacial score (nSPS) is 10.8. The Morgan fingerprint density at radius 2 is 1.24 bits per heavy atom. The van der Waals surface area contributed by atoms with Crippen molar-refractivity contribution < 1.29 is 31.1 Å². The van der Waals surface area contributed by atoms with E-state index in [2.05, 4.69) is 15.9 Å². The predicted octanol–water partition coefficient (Wildman–Crippen LogP) is 4.51. The lowest BCUT2D eigenvalue weighted by atomic mass is 10.0. The lowest BCUT2D eigenvalue weighted by Gasteiger charge is -2.08. The van der Waals surface area contributed by atoms with Crippen LogP contribution in [0.4, 0.5) is 26.3 Å². The molecule has 0 saturated heterocycles. The Labute approximate surface area is 122 Å². The predicted molar refractivity (Wildman–Crippen MR) is 63.8 cm³/mol. The van der Waals surface area contributed by atoms with Gasteiger partial charge >= 0.3 is 0 Å². The number of carbonyl (C=O) groups excluding carboxylic acids is 1. The van der Waals surface area contributed by atoms with Crippen molar-refractivity contribution in [2.75, 3.05) is 0 Å². The highest BCUT2D eigenvalue weighted by molar-refractivity contribution is 9.10. The number of benzene rings is 2. The molecule has 0 radical (unpaired) electrons. The maximum Gasteiger partial charge on any atom is 0.202 e. The third-order valence-corrected chi connectivity index (χ3v) is 3.25. The van der Waals surface area contributed by atoms with E-state index in [4.69, 9.17) is 0 Å². The minimum Gasteiger partial charge on any atom is -0.288 e. The van der Waals surface area contributed by atoms with Gasteiger partial charge in [0.15, 0.2) is 23.3 Å². The fourth-order valence-electron chi connectivity index (χ4n) is 1.62. The monoisotopic (exact) mass is 368 g/mol. The quantitative estimate of drug-likeness (QED) is 0.330. The molecule has 0 aliphatic rings. The highest BCUT2D eigenvalue weighted by Gasteiger charge is 2.31. The maximum atomic E-state index is 13.7. The van der Waals surface area contributed by atoms with Crippen LogP contribution in [0.5, 0.6) is 0 Å². The van der Waals surface area contributed by atoms with Gasteiger partial charge in [-0.1, -0.05) is 6.07 Å². The van der Waals surface area contributed by atoms with Crippen LogP contribution < -0.4 is 0 Å². The minimum absolute atomic E-state index is 0.197. The number of carbonyl (C=O) groups is 1. The van der Waals surface area contributed by atoms with E-state index in [1.807, 2.05) is 0 Å². The topological polar surface area (TPSA) is 17.1 Å². The van der Waals surface area contributed by atoms with Crippen LogP contribution in [-0.2, 0) is 0 Å². The molecule has 0 unspecified atom stereocenters. The summed E-state index contributed by atoms with van der Waals surface area (Å²) in [6, 6.07) is 3.23. The van der Waals surface area contributed by atoms with E-state index in [-0.39, 0.29) is 4.47 Å². The Kier molecular flexibility index (Phi) is 4.08. The summed E-state index contributed by atoms with van der Waals surface area (Å²) < 4.78 is 79.5. The number of hydrogen-bond acceptors (Lipinski definition) is 1. The smallest absolute Gasteiger partial charge is 0.202 e. The summed E-state index contributed by atoms with van der Waals surface area (Å²) in [6.45, 7) is 0. The Morgan fingerprint density at radius 1 is 0.762 bits per heavy atom. The van der Waals surface area contributed by atoms with Gasteiger partial charge in [-0.2, -0.15) is 0 Å². The fourth-order valence-corrected chi connectivity index (χ4v) is 1.98. The van der Waals surface area contributed by atoms with Crippen molar-refractivity contribution in [3.05, 3.63) is 68.7 Å². The number of ketones is 1. The summed E-state index contributed by atoms with van der Waals surface area (Å²) in [5.41, 5.74) is -2.53. The van der Waals surface area contributed by atoms with Crippen LogP contribution in [0.15, 0.2) is 22.7 Å². The summed E-state index contributed by atoms with van der Waals surface area (Å²) in [5.74, 6) is -14.4. The molecule has 0 heterocycles. The first-order valence-electron chi connectivity index (χ1n) is 5.27. The standard InChI is InChI=1S/C13H3BrF6O/c14-5-3-1-2-4(7(5)15)13(21)6-8(16)10(18)12(20)11(19)9(6)17/h1-3H. The molecule has 2 aromatic carbocycles. The van der Waals surface area contributed by atoms with E-state index in [0.717, 1.165) is 6.07 Å². The summed E-state index contributed by atoms with van der Waals surface area (Å²) in [6.07, 6.45) is 0. The van der Waals surface area contributed by atoms with Crippen LogP contribution >= 0.6 is 15.9 Å². The van der Waals surface area contributed by atoms with E-state index < -0.39 is 51.8 Å². The number of hydrogen-bond donors (Lipinski definition) is 0. The molecule has 0 atom stereocenters. The molecule has 0 fully saturated rings. The van der Waals surface area contributed by atoms with Crippen LogP contribution in [0, 0.1) is 34.9 Å². The van der Waals surface area contributed by atoms with Crippen LogP contribution in [0.3, 0.4) is 0 Å². The van der Waals surface area contributed by atoms with Gasteiger partial charge in [0.05, 0.1) is 10.0 Å². The molecule has 8 heteroatoms. The molecule has 110 valence electrons. The average Bonchev–Trinajstić information content (AvgIpc) is 2.46. The largest absolute Gasteiger partial charge is 0.288 e. The SMILES string of the molecule is O=C(c1cccc(Br)c1F)c1c(F)c(F)c(F)c(F)c1F. The molecule has 0 aromatic heterocycles. The minimum atomic E-state index is -2.39. The lowest BCUT2D eigenvalue weighted by Crippen LogP contribution is -2.15. The Balaban J connectivity index is 2.73. The molecular formula is C13H3BrF6O. The van der Waals surface area contributed by atoms with Crippen LogP contribution in [-0.4, -0.2) is 5.78 Å². The van der Waals surface area contributed by atoms with E-state index in [1.165, 1.54) is 12.1 Å². The van der Waals surface area contributed by atoms with Gasteiger partial charge in [0.1, 0.15) is 11.4 Å². The zero-order valence-electron chi connectivity index (χ0n) is 9.79. The fraction of sp³-hybridized carbons (Fsp3) is 0. The molecule has 0 spiro atoms. The number of rotatable bonds is 2. The second kappa shape index (κ2) is 5.51. The average molecular weight is 369 g/mol. The van der Waals surface area contributed by atoms with Crippen molar-refractivity contribution >= 4 is 21.7 Å². The van der Waals surface area contributed by atoms with E-state index in [1.54, 1.807) is 0 Å². The summed E-state index contributed by atoms with van der Waals surface area (Å²) >= 11 is 2.74. The van der Waals surface area contributed by atoms with Gasteiger partial charge in [-0.15, -0.1) is 0 Å². The second-order valence-electron chi connectivity index (χ2n) is 3.88. The molecule has 0 saturated carbocycles. The van der Waals surface area contributed by atoms with Crippen LogP contribution in [0.2, 0.25) is 0 Å². The van der Waals surface area contributed by atoms with Crippen molar-refractivity contribution in [2.24, 2.45) is 0 Å². The molecule has 2 rings (SSSR count). The van der Waals surface area contributed by atoms with Crippen molar-refractivity contribution in [1.82, 2.24) is 0 Å².